The van der Waals surface area contributed by atoms with Crippen LogP contribution >= 0.6 is 46.4 Å². The zero-order valence-electron chi connectivity index (χ0n) is 20.6. The Kier molecular flexibility index (Phi) is 7.92. The Morgan fingerprint density at radius 3 is 1.61 bits per heavy atom. The van der Waals surface area contributed by atoms with Gasteiger partial charge in [0.1, 0.15) is 0 Å². The van der Waals surface area contributed by atoms with Gasteiger partial charge in [0.15, 0.2) is 11.6 Å². The van der Waals surface area contributed by atoms with Gasteiger partial charge in [-0.1, -0.05) is 60.3 Å². The molecule has 202 valence electrons. The molecule has 6 unspecified atom stereocenters. The van der Waals surface area contributed by atoms with Gasteiger partial charge in [0.2, 0.25) is 0 Å². The van der Waals surface area contributed by atoms with Crippen molar-refractivity contribution in [1.82, 2.24) is 0 Å². The average Bonchev–Trinajstić information content (AvgIpc) is 3.69. The molecule has 0 aliphatic heterocycles. The summed E-state index contributed by atoms with van der Waals surface area (Å²) in [5.74, 6) is -6.12. The molecule has 2 fully saturated rings. The summed E-state index contributed by atoms with van der Waals surface area (Å²) in [6, 6.07) is 8.80. The van der Waals surface area contributed by atoms with Crippen molar-refractivity contribution in [2.45, 2.75) is 13.8 Å². The van der Waals surface area contributed by atoms with E-state index in [0.717, 1.165) is 0 Å². The predicted molar refractivity (Wildman–Crippen MR) is 142 cm³/mol. The van der Waals surface area contributed by atoms with Crippen LogP contribution in [0.1, 0.15) is 34.6 Å². The molecule has 1 N–H and O–H groups in total. The van der Waals surface area contributed by atoms with E-state index in [1.807, 2.05) is 0 Å². The number of ketones is 2. The first-order valence-corrected chi connectivity index (χ1v) is 13.2. The van der Waals surface area contributed by atoms with E-state index in [4.69, 9.17) is 55.9 Å². The Labute approximate surface area is 239 Å². The molecule has 0 amide bonds. The Morgan fingerprint density at radius 2 is 1.18 bits per heavy atom. The number of halogens is 4. The maximum absolute atomic E-state index is 13.3. The van der Waals surface area contributed by atoms with E-state index in [1.165, 1.54) is 43.5 Å². The Bertz CT molecular complexity index is 1340. The number of hydrogen-bond donors (Lipinski definition) is 1. The Hall–Kier alpha value is -2.16. The third kappa shape index (κ3) is 4.95. The second-order valence-electron chi connectivity index (χ2n) is 10.3. The molecule has 7 nitrogen and oxygen atoms in total. The van der Waals surface area contributed by atoms with Crippen LogP contribution in [0.25, 0.3) is 0 Å². The van der Waals surface area contributed by atoms with Crippen LogP contribution in [-0.2, 0) is 19.1 Å². The monoisotopic (exact) mass is 600 g/mol. The van der Waals surface area contributed by atoms with Crippen LogP contribution in [0.4, 0.5) is 0 Å². The summed E-state index contributed by atoms with van der Waals surface area (Å²) in [7, 11) is 1.47. The molecule has 0 radical (unpaired) electrons. The third-order valence-corrected chi connectivity index (χ3v) is 9.24. The second-order valence-corrected chi connectivity index (χ2v) is 11.9. The molecule has 2 aliphatic carbocycles. The first-order valence-electron chi connectivity index (χ1n) is 11.6. The van der Waals surface area contributed by atoms with Crippen molar-refractivity contribution in [3.8, 4) is 0 Å². The summed E-state index contributed by atoms with van der Waals surface area (Å²) in [5, 5.41) is 10.7. The summed E-state index contributed by atoms with van der Waals surface area (Å²) in [6.07, 6.45) is 0. The van der Waals surface area contributed by atoms with Gasteiger partial charge in [-0.05, 0) is 36.4 Å². The summed E-state index contributed by atoms with van der Waals surface area (Å²) in [4.78, 5) is 51.6. The Balaban J connectivity index is 1.50. The SMILES string of the molecule is COCC1(C)C(C(=O)OCC2(C)C(C(=O)O)C2C(=O)c2ccc(Cl)c(Cl)c2)C1C(=O)c1ccc(Cl)c(Cl)c1. The number of carbonyl (C=O) groups is 4. The molecule has 2 saturated carbocycles. The number of esters is 1. The molecule has 6 atom stereocenters. The van der Waals surface area contributed by atoms with Gasteiger partial charge >= 0.3 is 11.9 Å². The first-order chi connectivity index (χ1) is 17.8. The van der Waals surface area contributed by atoms with Gasteiger partial charge in [0.05, 0.1) is 45.1 Å². The molecule has 0 heterocycles. The van der Waals surface area contributed by atoms with Gasteiger partial charge in [-0.15, -0.1) is 0 Å². The zero-order valence-corrected chi connectivity index (χ0v) is 23.6. The molecule has 0 aromatic heterocycles. The van der Waals surface area contributed by atoms with Crippen LogP contribution in [0, 0.1) is 34.5 Å². The van der Waals surface area contributed by atoms with Crippen molar-refractivity contribution in [3.63, 3.8) is 0 Å². The number of ether oxygens (including phenoxy) is 2. The number of methoxy groups -OCH3 is 1. The van der Waals surface area contributed by atoms with E-state index in [0.29, 0.717) is 10.6 Å². The van der Waals surface area contributed by atoms with Crippen LogP contribution in [0.3, 0.4) is 0 Å². The van der Waals surface area contributed by atoms with Crippen molar-refractivity contribution >= 4 is 69.9 Å². The molecule has 2 aromatic rings. The number of carboxylic acids is 1. The summed E-state index contributed by atoms with van der Waals surface area (Å²) >= 11 is 24.0. The number of carboxylic acid groups (broad SMARTS) is 1. The van der Waals surface area contributed by atoms with Crippen LogP contribution in [-0.4, -0.2) is 48.9 Å². The van der Waals surface area contributed by atoms with E-state index in [1.54, 1.807) is 13.8 Å². The molecule has 0 saturated heterocycles. The van der Waals surface area contributed by atoms with Gasteiger partial charge in [0, 0.05) is 40.9 Å². The van der Waals surface area contributed by atoms with Gasteiger partial charge in [0.25, 0.3) is 0 Å². The lowest BCUT2D eigenvalue weighted by molar-refractivity contribution is -0.150. The zero-order chi connectivity index (χ0) is 28.2. The number of Topliss-reactive ketones (excluding diaryl/α,β-unsaturated/α-hetero) is 2. The second kappa shape index (κ2) is 10.4. The summed E-state index contributed by atoms with van der Waals surface area (Å²) < 4.78 is 10.9. The number of rotatable bonds is 10. The number of aliphatic carboxylic acids is 1. The van der Waals surface area contributed by atoms with Gasteiger partial charge in [-0.3, -0.25) is 19.2 Å². The van der Waals surface area contributed by atoms with Gasteiger partial charge < -0.3 is 14.6 Å². The van der Waals surface area contributed by atoms with Crippen molar-refractivity contribution in [2.24, 2.45) is 34.5 Å². The highest BCUT2D eigenvalue weighted by Crippen LogP contribution is 2.63. The minimum absolute atomic E-state index is 0.123. The highest BCUT2D eigenvalue weighted by Gasteiger charge is 2.71. The topological polar surface area (TPSA) is 107 Å². The molecular formula is C27H24Cl4O7. The van der Waals surface area contributed by atoms with Crippen LogP contribution < -0.4 is 0 Å². The lowest BCUT2D eigenvalue weighted by Gasteiger charge is -2.14. The van der Waals surface area contributed by atoms with E-state index < -0.39 is 52.2 Å². The molecule has 2 aromatic carbocycles. The van der Waals surface area contributed by atoms with Crippen LogP contribution in [0.2, 0.25) is 20.1 Å². The normalized spacial score (nSPS) is 29.4. The largest absolute Gasteiger partial charge is 0.481 e. The first kappa shape index (κ1) is 28.8. The molecule has 4 rings (SSSR count). The Morgan fingerprint density at radius 1 is 0.737 bits per heavy atom. The quantitative estimate of drug-likeness (QED) is 0.257. The van der Waals surface area contributed by atoms with Crippen molar-refractivity contribution in [1.29, 1.82) is 0 Å². The fraction of sp³-hybridized carbons (Fsp3) is 0.407. The van der Waals surface area contributed by atoms with E-state index in [2.05, 4.69) is 0 Å². The maximum atomic E-state index is 13.3. The molecule has 38 heavy (non-hydrogen) atoms. The maximum Gasteiger partial charge on any atom is 0.310 e. The minimum Gasteiger partial charge on any atom is -0.481 e. The lowest BCUT2D eigenvalue weighted by Crippen LogP contribution is -2.22. The fourth-order valence-corrected chi connectivity index (χ4v) is 6.10. The van der Waals surface area contributed by atoms with Crippen LogP contribution in [0.5, 0.6) is 0 Å². The van der Waals surface area contributed by atoms with E-state index >= 15 is 0 Å². The van der Waals surface area contributed by atoms with Crippen molar-refractivity contribution < 1.29 is 33.8 Å². The van der Waals surface area contributed by atoms with Crippen molar-refractivity contribution in [3.05, 3.63) is 67.6 Å². The molecular weight excluding hydrogens is 578 g/mol. The van der Waals surface area contributed by atoms with Crippen LogP contribution in [0.15, 0.2) is 36.4 Å². The molecule has 0 bridgehead atoms. The highest BCUT2D eigenvalue weighted by atomic mass is 35.5. The lowest BCUT2D eigenvalue weighted by atomic mass is 10.0. The smallest absolute Gasteiger partial charge is 0.310 e. The summed E-state index contributed by atoms with van der Waals surface area (Å²) in [5.41, 5.74) is -1.45. The number of benzene rings is 2. The average molecular weight is 602 g/mol. The number of carbonyl (C=O) groups excluding carboxylic acids is 3. The third-order valence-electron chi connectivity index (χ3n) is 7.76. The molecule has 0 spiro atoms. The number of hydrogen-bond acceptors (Lipinski definition) is 6. The summed E-state index contributed by atoms with van der Waals surface area (Å²) in [6.45, 7) is 3.14. The fourth-order valence-electron chi connectivity index (χ4n) is 5.51. The van der Waals surface area contributed by atoms with Gasteiger partial charge in [-0.25, -0.2) is 0 Å². The molecule has 2 aliphatic rings. The standard InChI is InChI=1S/C27H24Cl4O7/c1-26(10-37-3)19(23(33)13-5-7-15(29)17(31)9-13)21(26)25(36)38-11-27(2)18(20(27)24(34)35)22(32)12-4-6-14(28)16(30)8-12/h4-9,18-21H,10-11H2,1-3H3,(H,34,35). The predicted octanol–water partition coefficient (Wildman–Crippen LogP) is 6.14. The van der Waals surface area contributed by atoms with Crippen molar-refractivity contribution in [2.75, 3.05) is 20.3 Å². The molecule has 11 heteroatoms. The van der Waals surface area contributed by atoms with E-state index in [-0.39, 0.29) is 39.6 Å². The highest BCUT2D eigenvalue weighted by molar-refractivity contribution is 6.42. The van der Waals surface area contributed by atoms with E-state index in [9.17, 15) is 24.3 Å². The van der Waals surface area contributed by atoms with Gasteiger partial charge in [-0.2, -0.15) is 0 Å². The minimum atomic E-state index is -1.18.